The molecule has 2 aromatic rings. The third kappa shape index (κ3) is 7.22. The van der Waals surface area contributed by atoms with Crippen LogP contribution in [-0.4, -0.2) is 57.1 Å². The number of para-hydroxylation sites is 1. The molecule has 1 saturated carbocycles. The summed E-state index contributed by atoms with van der Waals surface area (Å²) in [5.41, 5.74) is 1.17. The molecule has 1 aliphatic carbocycles. The molecule has 10 heteroatoms. The maximum atomic E-state index is 13.8. The molecule has 3 rings (SSSR count). The highest BCUT2D eigenvalue weighted by molar-refractivity contribution is 9.10. The molecule has 36 heavy (non-hydrogen) atoms. The van der Waals surface area contributed by atoms with E-state index in [1.54, 1.807) is 43.5 Å². The van der Waals surface area contributed by atoms with Crippen molar-refractivity contribution in [2.75, 3.05) is 24.2 Å². The third-order valence-corrected chi connectivity index (χ3v) is 8.20. The van der Waals surface area contributed by atoms with Gasteiger partial charge in [0.1, 0.15) is 18.3 Å². The fraction of sp³-hybridized carbons (Fsp3) is 0.462. The summed E-state index contributed by atoms with van der Waals surface area (Å²) in [6.07, 6.45) is 5.47. The molecular formula is C26H34BrN3O5S. The van der Waals surface area contributed by atoms with E-state index < -0.39 is 28.5 Å². The van der Waals surface area contributed by atoms with Gasteiger partial charge in [0.25, 0.3) is 0 Å². The van der Waals surface area contributed by atoms with Crippen LogP contribution < -0.4 is 14.4 Å². The first-order valence-corrected chi connectivity index (χ1v) is 14.7. The van der Waals surface area contributed by atoms with Gasteiger partial charge in [-0.15, -0.1) is 0 Å². The Morgan fingerprint density at radius 3 is 2.31 bits per heavy atom. The van der Waals surface area contributed by atoms with Gasteiger partial charge in [-0.2, -0.15) is 0 Å². The van der Waals surface area contributed by atoms with Crippen LogP contribution in [0.4, 0.5) is 5.69 Å². The van der Waals surface area contributed by atoms with Crippen LogP contribution in [0.2, 0.25) is 0 Å². The van der Waals surface area contributed by atoms with Gasteiger partial charge in [0.05, 0.1) is 19.1 Å². The van der Waals surface area contributed by atoms with Crippen LogP contribution in [0.3, 0.4) is 0 Å². The van der Waals surface area contributed by atoms with Crippen LogP contribution in [0, 0.1) is 0 Å². The summed E-state index contributed by atoms with van der Waals surface area (Å²) >= 11 is 3.39. The molecular weight excluding hydrogens is 546 g/mol. The monoisotopic (exact) mass is 579 g/mol. The van der Waals surface area contributed by atoms with Crippen molar-refractivity contribution < 1.29 is 22.7 Å². The van der Waals surface area contributed by atoms with E-state index in [2.05, 4.69) is 21.2 Å². The van der Waals surface area contributed by atoms with E-state index in [0.717, 1.165) is 41.8 Å². The molecule has 0 aromatic heterocycles. The van der Waals surface area contributed by atoms with Crippen molar-refractivity contribution in [3.63, 3.8) is 0 Å². The summed E-state index contributed by atoms with van der Waals surface area (Å²) < 4.78 is 32.3. The van der Waals surface area contributed by atoms with Crippen LogP contribution in [0.15, 0.2) is 53.0 Å². The second-order valence-electron chi connectivity index (χ2n) is 9.00. The zero-order valence-electron chi connectivity index (χ0n) is 20.9. The van der Waals surface area contributed by atoms with Gasteiger partial charge < -0.3 is 15.0 Å². The topological polar surface area (TPSA) is 96.0 Å². The molecule has 0 spiro atoms. The van der Waals surface area contributed by atoms with Crippen molar-refractivity contribution in [2.45, 2.75) is 57.7 Å². The van der Waals surface area contributed by atoms with Crippen molar-refractivity contribution in [3.8, 4) is 5.75 Å². The number of nitrogens with one attached hydrogen (secondary N) is 1. The number of rotatable bonds is 11. The van der Waals surface area contributed by atoms with E-state index in [-0.39, 0.29) is 18.5 Å². The Kier molecular flexibility index (Phi) is 9.78. The number of hydrogen-bond donors (Lipinski definition) is 1. The van der Waals surface area contributed by atoms with Crippen LogP contribution in [-0.2, 0) is 26.2 Å². The number of hydrogen-bond acceptors (Lipinski definition) is 5. The van der Waals surface area contributed by atoms with Gasteiger partial charge >= 0.3 is 0 Å². The molecule has 8 nitrogen and oxygen atoms in total. The second kappa shape index (κ2) is 12.6. The quantitative estimate of drug-likeness (QED) is 0.432. The van der Waals surface area contributed by atoms with Gasteiger partial charge in [-0.25, -0.2) is 8.42 Å². The van der Waals surface area contributed by atoms with E-state index in [4.69, 9.17) is 4.74 Å². The molecule has 2 aromatic carbocycles. The van der Waals surface area contributed by atoms with Gasteiger partial charge in [-0.05, 0) is 65.0 Å². The maximum absolute atomic E-state index is 13.8. The molecule has 1 aliphatic rings. The lowest BCUT2D eigenvalue weighted by atomic mass is 10.1. The highest BCUT2D eigenvalue weighted by Gasteiger charge is 2.33. The van der Waals surface area contributed by atoms with Crippen molar-refractivity contribution in [1.29, 1.82) is 0 Å². The van der Waals surface area contributed by atoms with E-state index in [9.17, 15) is 18.0 Å². The molecule has 0 aliphatic heterocycles. The Morgan fingerprint density at radius 1 is 1.11 bits per heavy atom. The van der Waals surface area contributed by atoms with E-state index in [1.807, 2.05) is 19.1 Å². The fourth-order valence-electron chi connectivity index (χ4n) is 4.46. The zero-order chi connectivity index (χ0) is 26.3. The van der Waals surface area contributed by atoms with Gasteiger partial charge in [-0.1, -0.05) is 44.0 Å². The van der Waals surface area contributed by atoms with Crippen molar-refractivity contribution in [2.24, 2.45) is 0 Å². The molecule has 0 heterocycles. The minimum absolute atomic E-state index is 0.109. The molecule has 1 fully saturated rings. The summed E-state index contributed by atoms with van der Waals surface area (Å²) in [7, 11) is -2.21. The summed E-state index contributed by atoms with van der Waals surface area (Å²) in [6, 6.07) is 13.5. The van der Waals surface area contributed by atoms with E-state index in [0.29, 0.717) is 22.3 Å². The minimum atomic E-state index is -3.78. The van der Waals surface area contributed by atoms with Crippen LogP contribution in [0.25, 0.3) is 0 Å². The normalized spacial score (nSPS) is 14.8. The third-order valence-electron chi connectivity index (χ3n) is 6.40. The lowest BCUT2D eigenvalue weighted by Gasteiger charge is -2.33. The molecule has 1 N–H and O–H groups in total. The SMILES string of the molecule is CC[C@H](C(=O)NC1CCCC1)N(Cc1ccc(OC)cc1)C(=O)CN(c1ccccc1Br)S(C)(=O)=O. The Labute approximate surface area is 222 Å². The maximum Gasteiger partial charge on any atom is 0.244 e. The fourth-order valence-corrected chi connectivity index (χ4v) is 5.94. The van der Waals surface area contributed by atoms with Crippen molar-refractivity contribution in [1.82, 2.24) is 10.2 Å². The Morgan fingerprint density at radius 2 is 1.75 bits per heavy atom. The number of ether oxygens (including phenoxy) is 1. The average Bonchev–Trinajstić information content (AvgIpc) is 3.35. The summed E-state index contributed by atoms with van der Waals surface area (Å²) in [4.78, 5) is 28.6. The highest BCUT2D eigenvalue weighted by atomic mass is 79.9. The standard InChI is InChI=1S/C26H34BrN3O5S/c1-4-23(26(32)28-20-9-5-6-10-20)29(17-19-13-15-21(35-2)16-14-19)25(31)18-30(36(3,33)34)24-12-8-7-11-22(24)27/h7-8,11-16,20,23H,4-6,9-10,17-18H2,1-3H3,(H,28,32)/t23-/m1/s1. The number of benzene rings is 2. The first-order valence-electron chi connectivity index (χ1n) is 12.1. The van der Waals surface area contributed by atoms with E-state index in [1.165, 1.54) is 4.90 Å². The van der Waals surface area contributed by atoms with Gasteiger partial charge in [-0.3, -0.25) is 13.9 Å². The molecule has 0 unspecified atom stereocenters. The number of sulfonamides is 1. The molecule has 2 amide bonds. The van der Waals surface area contributed by atoms with Crippen LogP contribution >= 0.6 is 15.9 Å². The Balaban J connectivity index is 1.92. The smallest absolute Gasteiger partial charge is 0.244 e. The number of nitrogens with zero attached hydrogens (tertiary/aromatic N) is 2. The lowest BCUT2D eigenvalue weighted by Crippen LogP contribution is -2.53. The first-order chi connectivity index (χ1) is 17.1. The molecule has 1 atom stereocenters. The summed E-state index contributed by atoms with van der Waals surface area (Å²) in [5.74, 6) is 0.0123. The number of methoxy groups -OCH3 is 1. The first kappa shape index (κ1) is 28.0. The molecule has 0 bridgehead atoms. The number of carbonyl (C=O) groups is 2. The van der Waals surface area contributed by atoms with Gasteiger partial charge in [0, 0.05) is 17.1 Å². The van der Waals surface area contributed by atoms with Crippen LogP contribution in [0.1, 0.15) is 44.6 Å². The lowest BCUT2D eigenvalue weighted by molar-refractivity contribution is -0.140. The number of halogens is 1. The van der Waals surface area contributed by atoms with Crippen LogP contribution in [0.5, 0.6) is 5.75 Å². The van der Waals surface area contributed by atoms with E-state index >= 15 is 0 Å². The average molecular weight is 581 g/mol. The molecule has 0 saturated heterocycles. The number of anilines is 1. The largest absolute Gasteiger partial charge is 0.497 e. The second-order valence-corrected chi connectivity index (χ2v) is 11.8. The van der Waals surface area contributed by atoms with Crippen molar-refractivity contribution in [3.05, 3.63) is 58.6 Å². The Hall–Kier alpha value is -2.59. The number of carbonyl (C=O) groups excluding carboxylic acids is 2. The molecule has 196 valence electrons. The Bertz CT molecular complexity index is 1150. The predicted octanol–water partition coefficient (Wildman–Crippen LogP) is 4.09. The summed E-state index contributed by atoms with van der Waals surface area (Å²) in [6.45, 7) is 1.59. The minimum Gasteiger partial charge on any atom is -0.497 e. The highest BCUT2D eigenvalue weighted by Crippen LogP contribution is 2.28. The van der Waals surface area contributed by atoms with Gasteiger partial charge in [0.2, 0.25) is 21.8 Å². The summed E-state index contributed by atoms with van der Waals surface area (Å²) in [5, 5.41) is 3.10. The number of amides is 2. The predicted molar refractivity (Wildman–Crippen MR) is 144 cm³/mol. The van der Waals surface area contributed by atoms with Crippen molar-refractivity contribution >= 4 is 43.5 Å². The van der Waals surface area contributed by atoms with Gasteiger partial charge in [0.15, 0.2) is 0 Å². The molecule has 0 radical (unpaired) electrons. The zero-order valence-corrected chi connectivity index (χ0v) is 23.3.